The molecular formula is C36H32. The summed E-state index contributed by atoms with van der Waals surface area (Å²) in [7, 11) is 0. The van der Waals surface area contributed by atoms with Gasteiger partial charge in [0, 0.05) is 0 Å². The molecule has 0 aromatic heterocycles. The molecule has 0 amide bonds. The molecular weight excluding hydrogens is 432 g/mol. The molecule has 0 aliphatic carbocycles. The van der Waals surface area contributed by atoms with Gasteiger partial charge in [0.2, 0.25) is 0 Å². The number of rotatable bonds is 8. The van der Waals surface area contributed by atoms with Crippen molar-refractivity contribution in [3.63, 3.8) is 0 Å². The molecule has 0 saturated carbocycles. The average molecular weight is 465 g/mol. The Hall–Kier alpha value is -4.68. The van der Waals surface area contributed by atoms with E-state index in [1.54, 1.807) is 0 Å². The van der Waals surface area contributed by atoms with E-state index in [1.165, 1.54) is 22.3 Å². The van der Waals surface area contributed by atoms with Crippen molar-refractivity contribution in [1.29, 1.82) is 0 Å². The summed E-state index contributed by atoms with van der Waals surface area (Å²) in [5, 5.41) is 0. The van der Waals surface area contributed by atoms with Crippen molar-refractivity contribution in [2.45, 2.75) is 0 Å². The van der Waals surface area contributed by atoms with Crippen LogP contribution in [0.3, 0.4) is 0 Å². The lowest BCUT2D eigenvalue weighted by atomic mass is 10.2. The van der Waals surface area contributed by atoms with Crippen molar-refractivity contribution in [2.75, 3.05) is 0 Å². The van der Waals surface area contributed by atoms with Gasteiger partial charge in [0.15, 0.2) is 0 Å². The van der Waals surface area contributed by atoms with Crippen LogP contribution in [-0.2, 0) is 0 Å². The molecule has 0 nitrogen and oxygen atoms in total. The first-order chi connectivity index (χ1) is 17.9. The van der Waals surface area contributed by atoms with Gasteiger partial charge in [0.25, 0.3) is 0 Å². The van der Waals surface area contributed by atoms with Gasteiger partial charge in [0.05, 0.1) is 0 Å². The van der Waals surface area contributed by atoms with E-state index < -0.39 is 0 Å². The number of hydrogen-bond donors (Lipinski definition) is 0. The molecule has 4 aromatic rings. The molecule has 176 valence electrons. The van der Waals surface area contributed by atoms with E-state index in [0.717, 1.165) is 0 Å². The van der Waals surface area contributed by atoms with Crippen molar-refractivity contribution in [2.24, 2.45) is 0 Å². The predicted octanol–water partition coefficient (Wildman–Crippen LogP) is 9.94. The third-order valence-electron chi connectivity index (χ3n) is 5.02. The molecule has 0 aliphatic rings. The summed E-state index contributed by atoms with van der Waals surface area (Å²) in [5.41, 5.74) is 4.87. The van der Waals surface area contributed by atoms with Crippen LogP contribution in [0, 0.1) is 0 Å². The van der Waals surface area contributed by atoms with Gasteiger partial charge in [-0.15, -0.1) is 0 Å². The van der Waals surface area contributed by atoms with Gasteiger partial charge in [-0.1, -0.05) is 194 Å². The minimum Gasteiger partial charge on any atom is -0.0622 e. The Labute approximate surface area is 216 Å². The summed E-state index contributed by atoms with van der Waals surface area (Å²) in [6.07, 6.45) is 24.7. The molecule has 0 spiro atoms. The fraction of sp³-hybridized carbons (Fsp3) is 0. The molecule has 0 saturated heterocycles. The zero-order chi connectivity index (χ0) is 24.9. The van der Waals surface area contributed by atoms with Crippen LogP contribution in [0.2, 0.25) is 0 Å². The van der Waals surface area contributed by atoms with E-state index in [0.29, 0.717) is 0 Å². The molecule has 0 aliphatic heterocycles. The fourth-order valence-electron chi connectivity index (χ4n) is 3.18. The van der Waals surface area contributed by atoms with Crippen molar-refractivity contribution in [3.05, 3.63) is 192 Å². The molecule has 0 atom stereocenters. The summed E-state index contributed by atoms with van der Waals surface area (Å²) in [6, 6.07) is 41.1. The monoisotopic (exact) mass is 464 g/mol. The first-order valence-corrected chi connectivity index (χ1v) is 12.1. The van der Waals surface area contributed by atoms with Gasteiger partial charge < -0.3 is 0 Å². The Morgan fingerprint density at radius 2 is 0.417 bits per heavy atom. The van der Waals surface area contributed by atoms with Crippen molar-refractivity contribution < 1.29 is 0 Å². The Morgan fingerprint density at radius 1 is 0.222 bits per heavy atom. The van der Waals surface area contributed by atoms with Gasteiger partial charge in [-0.25, -0.2) is 0 Å². The Balaban J connectivity index is 0.000000201. The second kappa shape index (κ2) is 16.9. The SMILES string of the molecule is C(=CC=Cc1ccccc1)C=Cc1ccccc1.C(=CC=Cc1ccccc1)C=Cc1ccccc1. The van der Waals surface area contributed by atoms with Crippen LogP contribution in [0.4, 0.5) is 0 Å². The molecule has 36 heavy (non-hydrogen) atoms. The molecule has 4 rings (SSSR count). The third-order valence-corrected chi connectivity index (χ3v) is 5.02. The average Bonchev–Trinajstić information content (AvgIpc) is 2.95. The summed E-state index contributed by atoms with van der Waals surface area (Å²) < 4.78 is 0. The first-order valence-electron chi connectivity index (χ1n) is 12.1. The zero-order valence-corrected chi connectivity index (χ0v) is 20.5. The third kappa shape index (κ3) is 11.4. The molecule has 0 fully saturated rings. The quantitative estimate of drug-likeness (QED) is 0.228. The maximum Gasteiger partial charge on any atom is -0.0257 e. The minimum atomic E-state index is 1.22. The van der Waals surface area contributed by atoms with Crippen LogP contribution in [0.5, 0.6) is 0 Å². The molecule has 0 radical (unpaired) electrons. The second-order valence-electron chi connectivity index (χ2n) is 7.85. The summed E-state index contributed by atoms with van der Waals surface area (Å²) in [4.78, 5) is 0. The molecule has 0 heterocycles. The van der Waals surface area contributed by atoms with Gasteiger partial charge in [-0.05, 0) is 22.3 Å². The number of benzene rings is 4. The van der Waals surface area contributed by atoms with Crippen LogP contribution in [0.1, 0.15) is 22.3 Å². The normalized spacial score (nSPS) is 11.8. The highest BCUT2D eigenvalue weighted by Crippen LogP contribution is 2.04. The fourth-order valence-corrected chi connectivity index (χ4v) is 3.18. The van der Waals surface area contributed by atoms with E-state index in [1.807, 2.05) is 121 Å². The van der Waals surface area contributed by atoms with E-state index in [4.69, 9.17) is 0 Å². The van der Waals surface area contributed by atoms with Crippen LogP contribution >= 0.6 is 0 Å². The number of hydrogen-bond acceptors (Lipinski definition) is 0. The smallest absolute Gasteiger partial charge is 0.0257 e. The Kier molecular flexibility index (Phi) is 12.1. The summed E-state index contributed by atoms with van der Waals surface area (Å²) in [6.45, 7) is 0. The lowest BCUT2D eigenvalue weighted by Crippen LogP contribution is -1.67. The maximum absolute atomic E-state index is 2.09. The molecule has 0 bridgehead atoms. The highest BCUT2D eigenvalue weighted by molar-refractivity contribution is 5.54. The van der Waals surface area contributed by atoms with Gasteiger partial charge in [0.1, 0.15) is 0 Å². The molecule has 4 aromatic carbocycles. The van der Waals surface area contributed by atoms with Crippen molar-refractivity contribution in [3.8, 4) is 0 Å². The van der Waals surface area contributed by atoms with Crippen LogP contribution < -0.4 is 0 Å². The second-order valence-corrected chi connectivity index (χ2v) is 7.85. The minimum absolute atomic E-state index is 1.22. The van der Waals surface area contributed by atoms with E-state index in [2.05, 4.69) is 72.8 Å². The van der Waals surface area contributed by atoms with Gasteiger partial charge >= 0.3 is 0 Å². The standard InChI is InChI=1S/2C18H16/c2*1(5-11-17-13-7-3-8-14-17)2-6-12-18-15-9-4-10-16-18/h2*1-16H. The van der Waals surface area contributed by atoms with Gasteiger partial charge in [-0.2, -0.15) is 0 Å². The first kappa shape index (κ1) is 25.9. The topological polar surface area (TPSA) is 0 Å². The van der Waals surface area contributed by atoms with E-state index in [-0.39, 0.29) is 0 Å². The summed E-state index contributed by atoms with van der Waals surface area (Å²) in [5.74, 6) is 0. The van der Waals surface area contributed by atoms with Crippen LogP contribution in [0.25, 0.3) is 24.3 Å². The highest BCUT2D eigenvalue weighted by atomic mass is 13.9. The highest BCUT2D eigenvalue weighted by Gasteiger charge is 1.82. The summed E-state index contributed by atoms with van der Waals surface area (Å²) >= 11 is 0. The van der Waals surface area contributed by atoms with Crippen LogP contribution in [-0.4, -0.2) is 0 Å². The largest absolute Gasteiger partial charge is 0.0622 e. The molecule has 0 heteroatoms. The van der Waals surface area contributed by atoms with E-state index >= 15 is 0 Å². The predicted molar refractivity (Wildman–Crippen MR) is 160 cm³/mol. The molecule has 0 unspecified atom stereocenters. The van der Waals surface area contributed by atoms with Crippen molar-refractivity contribution in [1.82, 2.24) is 0 Å². The van der Waals surface area contributed by atoms with Crippen molar-refractivity contribution >= 4 is 24.3 Å². The van der Waals surface area contributed by atoms with Gasteiger partial charge in [-0.3, -0.25) is 0 Å². The van der Waals surface area contributed by atoms with E-state index in [9.17, 15) is 0 Å². The molecule has 0 N–H and O–H groups in total. The zero-order valence-electron chi connectivity index (χ0n) is 20.5. The Bertz CT molecular complexity index is 1060. The number of allylic oxidation sites excluding steroid dienone is 8. The van der Waals surface area contributed by atoms with Crippen LogP contribution in [0.15, 0.2) is 170 Å². The lowest BCUT2D eigenvalue weighted by molar-refractivity contribution is 1.66. The lowest BCUT2D eigenvalue weighted by Gasteiger charge is -1.89. The maximum atomic E-state index is 2.09. The Morgan fingerprint density at radius 3 is 0.611 bits per heavy atom.